The monoisotopic (exact) mass is 473 g/mol. The van der Waals surface area contributed by atoms with Crippen molar-refractivity contribution in [2.24, 2.45) is 4.99 Å². The molecule has 2 aliphatic rings. The van der Waals surface area contributed by atoms with Gasteiger partial charge in [-0.2, -0.15) is 0 Å². The lowest BCUT2D eigenvalue weighted by molar-refractivity contribution is 0.0292. The van der Waals surface area contributed by atoms with E-state index in [1.54, 1.807) is 0 Å². The number of rotatable bonds is 8. The highest BCUT2D eigenvalue weighted by atomic mass is 32.2. The Morgan fingerprint density at radius 1 is 0.706 bits per heavy atom. The van der Waals surface area contributed by atoms with Crippen LogP contribution in [0, 0.1) is 0 Å². The van der Waals surface area contributed by atoms with Gasteiger partial charge in [-0.15, -0.1) is 0 Å². The summed E-state index contributed by atoms with van der Waals surface area (Å²) in [7, 11) is 0. The molecule has 0 unspecified atom stereocenters. The Morgan fingerprint density at radius 2 is 1.41 bits per heavy atom. The third-order valence-corrected chi connectivity index (χ3v) is 7.29. The van der Waals surface area contributed by atoms with E-state index in [1.165, 1.54) is 20.9 Å². The highest BCUT2D eigenvalue weighted by Gasteiger charge is 2.25. The van der Waals surface area contributed by atoms with Gasteiger partial charge in [0.25, 0.3) is 0 Å². The van der Waals surface area contributed by atoms with Crippen LogP contribution in [0.4, 0.5) is 5.69 Å². The Morgan fingerprint density at radius 3 is 2.26 bits per heavy atom. The largest absolute Gasteiger partial charge is 0.378 e. The van der Waals surface area contributed by atoms with Crippen LogP contribution in [0.2, 0.25) is 0 Å². The predicted octanol–water partition coefficient (Wildman–Crippen LogP) is 5.08. The van der Waals surface area contributed by atoms with Crippen LogP contribution in [0.5, 0.6) is 0 Å². The molecule has 2 aliphatic heterocycles. The molecule has 0 aromatic heterocycles. The van der Waals surface area contributed by atoms with Crippen LogP contribution in [0.15, 0.2) is 93.6 Å². The van der Waals surface area contributed by atoms with Crippen molar-refractivity contribution in [2.45, 2.75) is 16.4 Å². The standard InChI is InChI=1S/C28H31N3O2S/c1-2-8-23(9-3-1)22-33-21-20-32-19-18-30-14-16-31(17-15-30)28-24-10-4-6-12-26(24)34-27-13-7-5-11-25(27)29-28/h1-13H,14-22H2. The van der Waals surface area contributed by atoms with E-state index in [1.807, 2.05) is 30.0 Å². The lowest BCUT2D eigenvalue weighted by Crippen LogP contribution is -2.49. The molecule has 0 spiro atoms. The number of benzene rings is 3. The summed E-state index contributed by atoms with van der Waals surface area (Å²) in [6, 6.07) is 27.3. The minimum absolute atomic E-state index is 0.626. The van der Waals surface area contributed by atoms with E-state index < -0.39 is 0 Å². The summed E-state index contributed by atoms with van der Waals surface area (Å²) in [6.45, 7) is 7.58. The summed E-state index contributed by atoms with van der Waals surface area (Å²) in [5.74, 6) is 1.10. The maximum absolute atomic E-state index is 5.81. The average molecular weight is 474 g/mol. The lowest BCUT2D eigenvalue weighted by Gasteiger charge is -2.36. The van der Waals surface area contributed by atoms with Crippen molar-refractivity contribution in [1.29, 1.82) is 0 Å². The summed E-state index contributed by atoms with van der Waals surface area (Å²) >= 11 is 1.81. The number of ether oxygens (including phenoxy) is 2. The van der Waals surface area contributed by atoms with Gasteiger partial charge in [0, 0.05) is 48.1 Å². The molecular formula is C28H31N3O2S. The molecule has 0 N–H and O–H groups in total. The van der Waals surface area contributed by atoms with E-state index in [4.69, 9.17) is 14.5 Å². The van der Waals surface area contributed by atoms with Gasteiger partial charge >= 0.3 is 0 Å². The van der Waals surface area contributed by atoms with Gasteiger partial charge in [-0.05, 0) is 23.8 Å². The second kappa shape index (κ2) is 11.7. The zero-order valence-corrected chi connectivity index (χ0v) is 20.3. The molecule has 34 heavy (non-hydrogen) atoms. The van der Waals surface area contributed by atoms with Gasteiger partial charge in [-0.1, -0.05) is 72.4 Å². The minimum atomic E-state index is 0.626. The highest BCUT2D eigenvalue weighted by Crippen LogP contribution is 2.40. The number of amidine groups is 1. The number of para-hydroxylation sites is 1. The molecule has 1 fully saturated rings. The van der Waals surface area contributed by atoms with Crippen molar-refractivity contribution in [3.63, 3.8) is 0 Å². The smallest absolute Gasteiger partial charge is 0.137 e. The molecule has 2 heterocycles. The molecule has 0 amide bonds. The van der Waals surface area contributed by atoms with Gasteiger partial charge in [0.15, 0.2) is 0 Å². The number of fused-ring (bicyclic) bond motifs is 2. The van der Waals surface area contributed by atoms with Crippen LogP contribution >= 0.6 is 11.8 Å². The third-order valence-electron chi connectivity index (χ3n) is 6.15. The molecule has 0 bridgehead atoms. The molecule has 176 valence electrons. The summed E-state index contributed by atoms with van der Waals surface area (Å²) < 4.78 is 11.5. The molecule has 0 atom stereocenters. The first-order valence-electron chi connectivity index (χ1n) is 12.0. The van der Waals surface area contributed by atoms with Crippen LogP contribution in [-0.2, 0) is 16.1 Å². The first kappa shape index (κ1) is 23.1. The van der Waals surface area contributed by atoms with Crippen molar-refractivity contribution >= 4 is 23.3 Å². The average Bonchev–Trinajstić information content (AvgIpc) is 3.06. The molecule has 5 rings (SSSR count). The molecule has 6 heteroatoms. The van der Waals surface area contributed by atoms with Gasteiger partial charge in [-0.3, -0.25) is 4.90 Å². The van der Waals surface area contributed by atoms with E-state index in [0.29, 0.717) is 19.8 Å². The molecule has 0 radical (unpaired) electrons. The van der Waals surface area contributed by atoms with Gasteiger partial charge in [-0.25, -0.2) is 4.99 Å². The Balaban J connectivity index is 1.08. The molecule has 3 aromatic rings. The summed E-state index contributed by atoms with van der Waals surface area (Å²) in [6.07, 6.45) is 0. The Labute approximate surface area is 206 Å². The fourth-order valence-electron chi connectivity index (χ4n) is 4.27. The van der Waals surface area contributed by atoms with E-state index in [9.17, 15) is 0 Å². The maximum atomic E-state index is 5.81. The zero-order chi connectivity index (χ0) is 23.0. The third kappa shape index (κ3) is 5.88. The fraction of sp³-hybridized carbons (Fsp3) is 0.321. The number of aliphatic imine (C=N–C) groups is 1. The lowest BCUT2D eigenvalue weighted by atomic mass is 10.1. The van der Waals surface area contributed by atoms with Crippen LogP contribution in [0.3, 0.4) is 0 Å². The van der Waals surface area contributed by atoms with Gasteiger partial charge in [0.2, 0.25) is 0 Å². The topological polar surface area (TPSA) is 37.3 Å². The maximum Gasteiger partial charge on any atom is 0.137 e. The Kier molecular flexibility index (Phi) is 7.93. The second-order valence-electron chi connectivity index (χ2n) is 8.48. The number of hydrogen-bond acceptors (Lipinski definition) is 6. The van der Waals surface area contributed by atoms with Gasteiger partial charge in [0.1, 0.15) is 5.84 Å². The second-order valence-corrected chi connectivity index (χ2v) is 9.56. The van der Waals surface area contributed by atoms with Crippen molar-refractivity contribution in [3.05, 3.63) is 90.0 Å². The minimum Gasteiger partial charge on any atom is -0.378 e. The van der Waals surface area contributed by atoms with Crippen LogP contribution in [-0.4, -0.2) is 68.2 Å². The van der Waals surface area contributed by atoms with E-state index in [-0.39, 0.29) is 0 Å². The van der Waals surface area contributed by atoms with Crippen molar-refractivity contribution in [2.75, 3.05) is 52.5 Å². The van der Waals surface area contributed by atoms with Gasteiger partial charge in [0.05, 0.1) is 32.1 Å². The number of nitrogens with zero attached hydrogens (tertiary/aromatic N) is 3. The zero-order valence-electron chi connectivity index (χ0n) is 19.4. The van der Waals surface area contributed by atoms with Crippen molar-refractivity contribution in [1.82, 2.24) is 9.80 Å². The summed E-state index contributed by atoms with van der Waals surface area (Å²) in [4.78, 5) is 12.5. The SMILES string of the molecule is c1ccc(COCCOCCN2CCN(C3=Nc4ccccc4Sc4ccccc43)CC2)cc1. The summed E-state index contributed by atoms with van der Waals surface area (Å²) in [5.41, 5.74) is 3.49. The van der Waals surface area contributed by atoms with Crippen LogP contribution < -0.4 is 0 Å². The Bertz CT molecular complexity index is 1100. The van der Waals surface area contributed by atoms with E-state index in [2.05, 4.69) is 70.5 Å². The van der Waals surface area contributed by atoms with E-state index >= 15 is 0 Å². The van der Waals surface area contributed by atoms with Crippen LogP contribution in [0.25, 0.3) is 0 Å². The molecular weight excluding hydrogens is 442 g/mol. The van der Waals surface area contributed by atoms with Gasteiger partial charge < -0.3 is 14.4 Å². The highest BCUT2D eigenvalue weighted by molar-refractivity contribution is 7.99. The van der Waals surface area contributed by atoms with E-state index in [0.717, 1.165) is 50.9 Å². The fourth-order valence-corrected chi connectivity index (χ4v) is 5.29. The quantitative estimate of drug-likeness (QED) is 0.427. The Hall–Kier alpha value is -2.64. The molecule has 5 nitrogen and oxygen atoms in total. The molecule has 1 saturated heterocycles. The molecule has 0 saturated carbocycles. The van der Waals surface area contributed by atoms with Crippen molar-refractivity contribution < 1.29 is 9.47 Å². The molecule has 0 aliphatic carbocycles. The summed E-state index contributed by atoms with van der Waals surface area (Å²) in [5, 5.41) is 0. The van der Waals surface area contributed by atoms with Crippen molar-refractivity contribution in [3.8, 4) is 0 Å². The normalized spacial score (nSPS) is 15.9. The predicted molar refractivity (Wildman–Crippen MR) is 138 cm³/mol. The first-order chi connectivity index (χ1) is 16.9. The number of hydrogen-bond donors (Lipinski definition) is 0. The molecule has 3 aromatic carbocycles. The van der Waals surface area contributed by atoms with Crippen LogP contribution in [0.1, 0.15) is 11.1 Å². The first-order valence-corrected chi connectivity index (χ1v) is 12.8. The number of piperazine rings is 1.